The number of carbonyl (C=O) groups is 2. The van der Waals surface area contributed by atoms with Crippen LogP contribution in [0.15, 0.2) is 22.6 Å². The number of terminal acetylenes is 1. The first-order chi connectivity index (χ1) is 18.9. The Labute approximate surface area is 235 Å². The second-order valence-electron chi connectivity index (χ2n) is 12.1. The number of fused-ring (bicyclic) bond motifs is 2. The van der Waals surface area contributed by atoms with Crippen molar-refractivity contribution in [1.29, 1.82) is 0 Å². The summed E-state index contributed by atoms with van der Waals surface area (Å²) in [5, 5.41) is 31.7. The lowest BCUT2D eigenvalue weighted by Crippen LogP contribution is -2.46. The molecule has 0 amide bonds. The summed E-state index contributed by atoms with van der Waals surface area (Å²) in [6.45, 7) is 6.81. The van der Waals surface area contributed by atoms with Gasteiger partial charge in [-0.2, -0.15) is 0 Å². The quantitative estimate of drug-likeness (QED) is 0.290. The molecule has 2 aliphatic heterocycles. The molecule has 2 aliphatic rings. The van der Waals surface area contributed by atoms with Crippen molar-refractivity contribution in [2.24, 2.45) is 17.3 Å². The van der Waals surface area contributed by atoms with Crippen molar-refractivity contribution in [3.05, 3.63) is 29.7 Å². The van der Waals surface area contributed by atoms with E-state index >= 15 is 0 Å². The normalized spacial score (nSPS) is 33.6. The number of Topliss-reactive ketones (excluding diaryl/α,β-unsaturated/α-hetero) is 1. The van der Waals surface area contributed by atoms with E-state index in [2.05, 4.69) is 10.9 Å². The largest absolute Gasteiger partial charge is 0.457 e. The molecule has 218 valence electrons. The SMILES string of the molecule is C#CCC[C@H]1C(=O)C(C)(C)[C@@H](O)CC(=O)O[C@H](c2ccc3oc(CO)nc3c2)C[C@@H]2O[C@]2(C)CCCC(C)C1O. The number of oxazole rings is 1. The molecule has 0 radical (unpaired) electrons. The fourth-order valence-electron chi connectivity index (χ4n) is 5.82. The van der Waals surface area contributed by atoms with E-state index in [0.29, 0.717) is 42.3 Å². The highest BCUT2D eigenvalue weighted by Crippen LogP contribution is 2.47. The number of cyclic esters (lactones) is 1. The monoisotopic (exact) mass is 555 g/mol. The molecule has 3 heterocycles. The molecule has 1 aromatic carbocycles. The zero-order valence-electron chi connectivity index (χ0n) is 23.8. The molecule has 0 saturated carbocycles. The maximum atomic E-state index is 13.7. The summed E-state index contributed by atoms with van der Waals surface area (Å²) in [6.07, 6.45) is 5.26. The highest BCUT2D eigenvalue weighted by molar-refractivity contribution is 5.88. The molecule has 2 aromatic rings. The minimum absolute atomic E-state index is 0.147. The lowest BCUT2D eigenvalue weighted by Gasteiger charge is -2.36. The van der Waals surface area contributed by atoms with E-state index in [4.69, 9.17) is 20.3 Å². The van der Waals surface area contributed by atoms with Crippen LogP contribution in [0, 0.1) is 29.6 Å². The topological polar surface area (TPSA) is 143 Å². The second kappa shape index (κ2) is 12.0. The highest BCUT2D eigenvalue weighted by atomic mass is 16.6. The van der Waals surface area contributed by atoms with Gasteiger partial charge < -0.3 is 29.2 Å². The van der Waals surface area contributed by atoms with Gasteiger partial charge in [0.1, 0.15) is 24.0 Å². The molecule has 9 heteroatoms. The van der Waals surface area contributed by atoms with Crippen molar-refractivity contribution < 1.29 is 38.8 Å². The molecule has 3 N–H and O–H groups in total. The molecular formula is C31H41NO8. The lowest BCUT2D eigenvalue weighted by atomic mass is 9.71. The predicted octanol–water partition coefficient (Wildman–Crippen LogP) is 4.01. The van der Waals surface area contributed by atoms with Crippen LogP contribution in [0.25, 0.3) is 11.1 Å². The smallest absolute Gasteiger partial charge is 0.309 e. The number of aliphatic hydroxyl groups is 3. The summed E-state index contributed by atoms with van der Waals surface area (Å²) >= 11 is 0. The molecule has 0 aliphatic carbocycles. The van der Waals surface area contributed by atoms with Crippen LogP contribution in [0.4, 0.5) is 0 Å². The van der Waals surface area contributed by atoms with Crippen molar-refractivity contribution in [1.82, 2.24) is 4.98 Å². The number of ketones is 1. The molecule has 2 unspecified atom stereocenters. The number of benzene rings is 1. The average molecular weight is 556 g/mol. The van der Waals surface area contributed by atoms with Gasteiger partial charge in [-0.15, -0.1) is 12.3 Å². The van der Waals surface area contributed by atoms with Gasteiger partial charge in [0.05, 0.1) is 35.7 Å². The van der Waals surface area contributed by atoms with Gasteiger partial charge in [-0.3, -0.25) is 9.59 Å². The fourth-order valence-corrected chi connectivity index (χ4v) is 5.82. The third-order valence-electron chi connectivity index (χ3n) is 8.79. The van der Waals surface area contributed by atoms with E-state index in [0.717, 1.165) is 12.8 Å². The summed E-state index contributed by atoms with van der Waals surface area (Å²) in [7, 11) is 0. The Bertz CT molecular complexity index is 1260. The van der Waals surface area contributed by atoms with Crippen LogP contribution in [-0.4, -0.2) is 56.0 Å². The standard InChI is InChI=1S/C31H41NO8/c1-6-7-10-20-28(36)18(2)9-8-13-31(5)25(40-31)15-23(39-27(35)16-24(34)30(3,4)29(20)37)19-11-12-22-21(14-19)32-26(17-33)38-22/h1,11-12,14,18,20,23-25,28,33-34,36H,7-10,13,15-17H2,2-5H3/t18?,20-,23+,24+,25+,28?,31-/m1/s1. The molecule has 2 saturated heterocycles. The second-order valence-corrected chi connectivity index (χ2v) is 12.1. The van der Waals surface area contributed by atoms with Gasteiger partial charge in [0.25, 0.3) is 0 Å². The Hall–Kier alpha value is -2.77. The van der Waals surface area contributed by atoms with E-state index < -0.39 is 47.6 Å². The first-order valence-corrected chi connectivity index (χ1v) is 14.1. The van der Waals surface area contributed by atoms with Crippen LogP contribution < -0.4 is 0 Å². The first kappa shape index (κ1) is 30.2. The number of aromatic nitrogens is 1. The first-order valence-electron chi connectivity index (χ1n) is 14.1. The Morgan fingerprint density at radius 3 is 2.65 bits per heavy atom. The third kappa shape index (κ3) is 6.41. The molecule has 0 bridgehead atoms. The minimum Gasteiger partial charge on any atom is -0.457 e. The maximum Gasteiger partial charge on any atom is 0.309 e. The molecular weight excluding hydrogens is 514 g/mol. The van der Waals surface area contributed by atoms with Crippen molar-refractivity contribution in [3.63, 3.8) is 0 Å². The molecule has 0 spiro atoms. The van der Waals surface area contributed by atoms with Crippen molar-refractivity contribution in [2.75, 3.05) is 0 Å². The number of epoxide rings is 1. The molecule has 1 aromatic heterocycles. The number of esters is 1. The summed E-state index contributed by atoms with van der Waals surface area (Å²) < 4.78 is 17.5. The number of hydrogen-bond donors (Lipinski definition) is 3. The number of carbonyl (C=O) groups excluding carboxylic acids is 2. The van der Waals surface area contributed by atoms with E-state index in [1.807, 2.05) is 13.8 Å². The molecule has 2 fully saturated rings. The lowest BCUT2D eigenvalue weighted by molar-refractivity contribution is -0.156. The number of ether oxygens (including phenoxy) is 2. The Morgan fingerprint density at radius 1 is 1.20 bits per heavy atom. The summed E-state index contributed by atoms with van der Waals surface area (Å²) in [5.41, 5.74) is 0.0138. The van der Waals surface area contributed by atoms with Crippen LogP contribution in [0.3, 0.4) is 0 Å². The van der Waals surface area contributed by atoms with Crippen molar-refractivity contribution >= 4 is 22.9 Å². The van der Waals surface area contributed by atoms with Crippen LogP contribution in [0.1, 0.15) is 90.2 Å². The van der Waals surface area contributed by atoms with Crippen molar-refractivity contribution in [2.45, 2.75) is 109 Å². The fraction of sp³-hybridized carbons (Fsp3) is 0.645. The zero-order valence-corrected chi connectivity index (χ0v) is 23.8. The zero-order chi connectivity index (χ0) is 29.2. The van der Waals surface area contributed by atoms with Gasteiger partial charge in [0.15, 0.2) is 5.58 Å². The van der Waals surface area contributed by atoms with Crippen molar-refractivity contribution in [3.8, 4) is 12.3 Å². The predicted molar refractivity (Wildman–Crippen MR) is 147 cm³/mol. The maximum absolute atomic E-state index is 13.7. The van der Waals surface area contributed by atoms with Crippen LogP contribution >= 0.6 is 0 Å². The van der Waals surface area contributed by atoms with E-state index in [1.54, 1.807) is 32.0 Å². The molecule has 40 heavy (non-hydrogen) atoms. The Balaban J connectivity index is 1.63. The molecule has 9 nitrogen and oxygen atoms in total. The summed E-state index contributed by atoms with van der Waals surface area (Å²) in [6, 6.07) is 5.26. The third-order valence-corrected chi connectivity index (χ3v) is 8.79. The Morgan fingerprint density at radius 2 is 1.95 bits per heavy atom. The van der Waals surface area contributed by atoms with E-state index in [1.165, 1.54) is 0 Å². The van der Waals surface area contributed by atoms with Crippen LogP contribution in [0.5, 0.6) is 0 Å². The van der Waals surface area contributed by atoms with Gasteiger partial charge in [-0.05, 0) is 49.8 Å². The summed E-state index contributed by atoms with van der Waals surface area (Å²) in [4.78, 5) is 31.1. The van der Waals surface area contributed by atoms with Crippen LogP contribution in [0.2, 0.25) is 0 Å². The van der Waals surface area contributed by atoms with Gasteiger partial charge in [0, 0.05) is 18.8 Å². The van der Waals surface area contributed by atoms with Gasteiger partial charge >= 0.3 is 5.97 Å². The summed E-state index contributed by atoms with van der Waals surface area (Å²) in [5.74, 6) is 0.844. The number of rotatable bonds is 4. The minimum atomic E-state index is -1.33. The molecule has 4 rings (SSSR count). The Kier molecular flexibility index (Phi) is 9.05. The van der Waals surface area contributed by atoms with Gasteiger partial charge in [-0.1, -0.05) is 33.3 Å². The number of hydrogen-bond acceptors (Lipinski definition) is 9. The number of nitrogens with zero attached hydrogens (tertiary/aromatic N) is 1. The highest BCUT2D eigenvalue weighted by Gasteiger charge is 2.53. The van der Waals surface area contributed by atoms with Gasteiger partial charge in [0.2, 0.25) is 5.89 Å². The number of aliphatic hydroxyl groups excluding tert-OH is 3. The van der Waals surface area contributed by atoms with Gasteiger partial charge in [-0.25, -0.2) is 4.98 Å². The van der Waals surface area contributed by atoms with E-state index in [9.17, 15) is 24.9 Å². The van der Waals surface area contributed by atoms with Crippen LogP contribution in [-0.2, 0) is 25.7 Å². The average Bonchev–Trinajstić information content (AvgIpc) is 3.35. The van der Waals surface area contributed by atoms with E-state index in [-0.39, 0.29) is 30.3 Å². The molecule has 7 atom stereocenters.